The molecule has 1 aromatic rings. The van der Waals surface area contributed by atoms with Gasteiger partial charge in [-0.3, -0.25) is 0 Å². The van der Waals surface area contributed by atoms with E-state index in [1.807, 2.05) is 13.8 Å². The SMILES string of the molecule is CCc1noc(C)c1NC(=O)NCC(C)CC(C)O. The molecule has 1 heterocycles. The van der Waals surface area contributed by atoms with Crippen molar-refractivity contribution in [1.82, 2.24) is 10.5 Å². The summed E-state index contributed by atoms with van der Waals surface area (Å²) >= 11 is 0. The minimum absolute atomic E-state index is 0.222. The van der Waals surface area contributed by atoms with Crippen molar-refractivity contribution in [1.29, 1.82) is 0 Å². The van der Waals surface area contributed by atoms with E-state index < -0.39 is 0 Å². The van der Waals surface area contributed by atoms with Gasteiger partial charge in [0.15, 0.2) is 5.76 Å². The van der Waals surface area contributed by atoms with Crippen LogP contribution in [0.25, 0.3) is 0 Å². The Morgan fingerprint density at radius 1 is 1.47 bits per heavy atom. The Bertz CT molecular complexity index is 415. The first-order chi connectivity index (χ1) is 8.93. The van der Waals surface area contributed by atoms with Crippen molar-refractivity contribution in [2.24, 2.45) is 5.92 Å². The number of urea groups is 1. The van der Waals surface area contributed by atoms with Crippen LogP contribution >= 0.6 is 0 Å². The monoisotopic (exact) mass is 269 g/mol. The summed E-state index contributed by atoms with van der Waals surface area (Å²) in [5.41, 5.74) is 1.38. The summed E-state index contributed by atoms with van der Waals surface area (Å²) in [5.74, 6) is 0.823. The van der Waals surface area contributed by atoms with Gasteiger partial charge in [-0.15, -0.1) is 0 Å². The highest BCUT2D eigenvalue weighted by Gasteiger charge is 2.14. The number of nitrogens with zero attached hydrogens (tertiary/aromatic N) is 1. The third-order valence-corrected chi connectivity index (χ3v) is 2.86. The zero-order valence-corrected chi connectivity index (χ0v) is 12.0. The number of amides is 2. The van der Waals surface area contributed by atoms with Crippen LogP contribution in [0.4, 0.5) is 10.5 Å². The van der Waals surface area contributed by atoms with Gasteiger partial charge in [0.1, 0.15) is 11.4 Å². The van der Waals surface area contributed by atoms with Crippen molar-refractivity contribution >= 4 is 11.7 Å². The molecule has 0 aliphatic heterocycles. The molecule has 0 radical (unpaired) electrons. The number of nitrogens with one attached hydrogen (secondary N) is 2. The summed E-state index contributed by atoms with van der Waals surface area (Å²) in [7, 11) is 0. The molecule has 2 atom stereocenters. The van der Waals surface area contributed by atoms with Crippen molar-refractivity contribution in [2.75, 3.05) is 11.9 Å². The molecule has 0 saturated carbocycles. The third-order valence-electron chi connectivity index (χ3n) is 2.86. The van der Waals surface area contributed by atoms with Crippen molar-refractivity contribution in [2.45, 2.75) is 46.6 Å². The maximum Gasteiger partial charge on any atom is 0.319 e. The van der Waals surface area contributed by atoms with Gasteiger partial charge in [-0.2, -0.15) is 0 Å². The van der Waals surface area contributed by atoms with E-state index in [-0.39, 0.29) is 18.1 Å². The number of aliphatic hydroxyl groups excluding tert-OH is 1. The molecule has 6 nitrogen and oxygen atoms in total. The number of rotatable bonds is 6. The molecule has 0 fully saturated rings. The molecule has 0 saturated heterocycles. The summed E-state index contributed by atoms with van der Waals surface area (Å²) in [6, 6.07) is -0.279. The van der Waals surface area contributed by atoms with E-state index in [4.69, 9.17) is 4.52 Å². The zero-order valence-electron chi connectivity index (χ0n) is 12.0. The molecular weight excluding hydrogens is 246 g/mol. The number of carbonyl (C=O) groups is 1. The van der Waals surface area contributed by atoms with Gasteiger partial charge in [0.25, 0.3) is 0 Å². The summed E-state index contributed by atoms with van der Waals surface area (Å²) in [6.45, 7) is 7.95. The second-order valence-electron chi connectivity index (χ2n) is 4.94. The van der Waals surface area contributed by atoms with Crippen LogP contribution in [0.3, 0.4) is 0 Å². The van der Waals surface area contributed by atoms with Crippen molar-refractivity contribution in [3.8, 4) is 0 Å². The first-order valence-corrected chi connectivity index (χ1v) is 6.62. The van der Waals surface area contributed by atoms with Crippen LogP contribution in [0.5, 0.6) is 0 Å². The molecule has 1 rings (SSSR count). The number of hydrogen-bond acceptors (Lipinski definition) is 4. The lowest BCUT2D eigenvalue weighted by molar-refractivity contribution is 0.163. The van der Waals surface area contributed by atoms with Crippen LogP contribution in [0, 0.1) is 12.8 Å². The minimum Gasteiger partial charge on any atom is -0.393 e. The summed E-state index contributed by atoms with van der Waals surface area (Å²) < 4.78 is 5.04. The zero-order chi connectivity index (χ0) is 14.4. The van der Waals surface area contributed by atoms with Gasteiger partial charge < -0.3 is 20.3 Å². The number of anilines is 1. The average Bonchev–Trinajstić information content (AvgIpc) is 2.67. The normalized spacial score (nSPS) is 13.9. The fourth-order valence-electron chi connectivity index (χ4n) is 1.91. The fourth-order valence-corrected chi connectivity index (χ4v) is 1.91. The van der Waals surface area contributed by atoms with Gasteiger partial charge in [0.05, 0.1) is 6.10 Å². The quantitative estimate of drug-likeness (QED) is 0.737. The van der Waals surface area contributed by atoms with Crippen LogP contribution < -0.4 is 10.6 Å². The summed E-state index contributed by atoms with van der Waals surface area (Å²) in [6.07, 6.45) is 1.00. The van der Waals surface area contributed by atoms with Crippen molar-refractivity contribution in [3.63, 3.8) is 0 Å². The molecule has 3 N–H and O–H groups in total. The van der Waals surface area contributed by atoms with Gasteiger partial charge in [0, 0.05) is 6.54 Å². The molecule has 2 unspecified atom stereocenters. The molecule has 0 bridgehead atoms. The topological polar surface area (TPSA) is 87.4 Å². The smallest absolute Gasteiger partial charge is 0.319 e. The molecule has 0 aliphatic rings. The summed E-state index contributed by atoms with van der Waals surface area (Å²) in [4.78, 5) is 11.8. The Balaban J connectivity index is 2.45. The molecule has 1 aromatic heterocycles. The van der Waals surface area contributed by atoms with E-state index in [0.717, 1.165) is 5.69 Å². The molecule has 0 aromatic carbocycles. The summed E-state index contributed by atoms with van der Waals surface area (Å²) in [5, 5.41) is 18.6. The molecule has 0 spiro atoms. The third kappa shape index (κ3) is 4.90. The first kappa shape index (κ1) is 15.5. The fraction of sp³-hybridized carbons (Fsp3) is 0.692. The lowest BCUT2D eigenvalue weighted by Gasteiger charge is -2.14. The van der Waals surface area contributed by atoms with E-state index in [1.165, 1.54) is 0 Å². The van der Waals surface area contributed by atoms with Crippen LogP contribution in [-0.4, -0.2) is 28.9 Å². The van der Waals surface area contributed by atoms with Gasteiger partial charge in [-0.25, -0.2) is 4.79 Å². The van der Waals surface area contributed by atoms with Crippen LogP contribution in [0.1, 0.15) is 38.6 Å². The van der Waals surface area contributed by atoms with Crippen LogP contribution in [-0.2, 0) is 6.42 Å². The highest BCUT2D eigenvalue weighted by atomic mass is 16.5. The van der Waals surface area contributed by atoms with E-state index in [2.05, 4.69) is 15.8 Å². The standard InChI is InChI=1S/C13H23N3O3/c1-5-11-12(10(4)19-16-11)15-13(18)14-7-8(2)6-9(3)17/h8-9,17H,5-7H2,1-4H3,(H2,14,15,18). The Hall–Kier alpha value is -1.56. The highest BCUT2D eigenvalue weighted by Crippen LogP contribution is 2.19. The molecular formula is C13H23N3O3. The predicted molar refractivity (Wildman–Crippen MR) is 73.1 cm³/mol. The van der Waals surface area contributed by atoms with E-state index in [1.54, 1.807) is 13.8 Å². The first-order valence-electron chi connectivity index (χ1n) is 6.62. The van der Waals surface area contributed by atoms with E-state index >= 15 is 0 Å². The lowest BCUT2D eigenvalue weighted by Crippen LogP contribution is -2.33. The second kappa shape index (κ2) is 7.13. The number of aromatic nitrogens is 1. The molecule has 0 aliphatic carbocycles. The number of aryl methyl sites for hydroxylation is 2. The Morgan fingerprint density at radius 3 is 2.74 bits per heavy atom. The van der Waals surface area contributed by atoms with E-state index in [0.29, 0.717) is 30.8 Å². The average molecular weight is 269 g/mol. The maximum absolute atomic E-state index is 11.8. The highest BCUT2D eigenvalue weighted by molar-refractivity contribution is 5.90. The van der Waals surface area contributed by atoms with Gasteiger partial charge in [0.2, 0.25) is 0 Å². The maximum atomic E-state index is 11.8. The number of carbonyl (C=O) groups excluding carboxylic acids is 1. The molecule has 108 valence electrons. The molecule has 19 heavy (non-hydrogen) atoms. The number of hydrogen-bond donors (Lipinski definition) is 3. The Morgan fingerprint density at radius 2 is 2.16 bits per heavy atom. The van der Waals surface area contributed by atoms with Gasteiger partial charge >= 0.3 is 6.03 Å². The Kier molecular flexibility index (Phi) is 5.82. The van der Waals surface area contributed by atoms with Gasteiger partial charge in [-0.05, 0) is 32.6 Å². The second-order valence-corrected chi connectivity index (χ2v) is 4.94. The predicted octanol–water partition coefficient (Wildman–Crippen LogP) is 2.07. The number of aliphatic hydroxyl groups is 1. The largest absolute Gasteiger partial charge is 0.393 e. The molecule has 2 amide bonds. The van der Waals surface area contributed by atoms with Crippen LogP contribution in [0.2, 0.25) is 0 Å². The van der Waals surface area contributed by atoms with E-state index in [9.17, 15) is 9.90 Å². The van der Waals surface area contributed by atoms with Crippen molar-refractivity contribution < 1.29 is 14.4 Å². The van der Waals surface area contributed by atoms with Gasteiger partial charge in [-0.1, -0.05) is 19.0 Å². The lowest BCUT2D eigenvalue weighted by atomic mass is 10.1. The minimum atomic E-state index is -0.355. The van der Waals surface area contributed by atoms with Crippen molar-refractivity contribution in [3.05, 3.63) is 11.5 Å². The van der Waals surface area contributed by atoms with Crippen LogP contribution in [0.15, 0.2) is 4.52 Å². The Labute approximate surface area is 113 Å². The molecule has 6 heteroatoms.